The Kier molecular flexibility index (Phi) is 11.7. The van der Waals surface area contributed by atoms with E-state index in [-0.39, 0.29) is 18.8 Å². The summed E-state index contributed by atoms with van der Waals surface area (Å²) in [5.74, 6) is -2.36. The van der Waals surface area contributed by atoms with E-state index in [1.807, 2.05) is 0 Å². The standard InChI is InChI=1S/C15H14O7.C2H4/c1-2-13(16)19-8-10-21-22-11-9-20-15(18)14(17)12-6-4-3-5-7-12;1-2/h2-8,10H,1,9,11H2;1-2H2/b10-8+;. The van der Waals surface area contributed by atoms with Crippen LogP contribution in [-0.4, -0.2) is 30.9 Å². The Morgan fingerprint density at radius 2 is 1.67 bits per heavy atom. The second-order valence-corrected chi connectivity index (χ2v) is 3.66. The molecule has 0 amide bonds. The van der Waals surface area contributed by atoms with Crippen LogP contribution >= 0.6 is 0 Å². The maximum atomic E-state index is 11.6. The van der Waals surface area contributed by atoms with Crippen molar-refractivity contribution in [3.63, 3.8) is 0 Å². The maximum absolute atomic E-state index is 11.6. The molecule has 0 aliphatic carbocycles. The van der Waals surface area contributed by atoms with E-state index < -0.39 is 17.7 Å². The Morgan fingerprint density at radius 1 is 1.00 bits per heavy atom. The third-order valence-corrected chi connectivity index (χ3v) is 2.15. The molecule has 0 fully saturated rings. The zero-order valence-electron chi connectivity index (χ0n) is 13.0. The Balaban J connectivity index is 0.00000254. The fourth-order valence-corrected chi connectivity index (χ4v) is 1.19. The van der Waals surface area contributed by atoms with Crippen LogP contribution in [0.1, 0.15) is 10.4 Å². The first-order valence-electron chi connectivity index (χ1n) is 6.68. The first-order chi connectivity index (χ1) is 11.6. The number of carbonyl (C=O) groups excluding carboxylic acids is 3. The summed E-state index contributed by atoms with van der Waals surface area (Å²) in [4.78, 5) is 42.8. The molecule has 1 aromatic rings. The second-order valence-electron chi connectivity index (χ2n) is 3.66. The Labute approximate surface area is 139 Å². The lowest BCUT2D eigenvalue weighted by Crippen LogP contribution is -2.19. The van der Waals surface area contributed by atoms with E-state index in [2.05, 4.69) is 34.2 Å². The molecule has 0 saturated carbocycles. The van der Waals surface area contributed by atoms with Crippen LogP contribution in [0.25, 0.3) is 0 Å². The molecule has 24 heavy (non-hydrogen) atoms. The van der Waals surface area contributed by atoms with Gasteiger partial charge in [-0.2, -0.15) is 4.89 Å². The van der Waals surface area contributed by atoms with Gasteiger partial charge < -0.3 is 14.4 Å². The fourth-order valence-electron chi connectivity index (χ4n) is 1.19. The number of Topliss-reactive ketones (excluding diaryl/α,β-unsaturated/α-hetero) is 1. The monoisotopic (exact) mass is 334 g/mol. The van der Waals surface area contributed by atoms with Crippen LogP contribution in [0.4, 0.5) is 0 Å². The van der Waals surface area contributed by atoms with Crippen LogP contribution in [0, 0.1) is 0 Å². The Bertz CT molecular complexity index is 564. The van der Waals surface area contributed by atoms with Crippen LogP contribution in [0.5, 0.6) is 0 Å². The van der Waals surface area contributed by atoms with E-state index in [0.29, 0.717) is 0 Å². The minimum Gasteiger partial charge on any atom is -0.457 e. The third-order valence-electron chi connectivity index (χ3n) is 2.15. The molecule has 7 nitrogen and oxygen atoms in total. The van der Waals surface area contributed by atoms with Crippen molar-refractivity contribution >= 4 is 17.7 Å². The average Bonchev–Trinajstić information content (AvgIpc) is 2.65. The van der Waals surface area contributed by atoms with Crippen LogP contribution in [0.2, 0.25) is 0 Å². The van der Waals surface area contributed by atoms with Gasteiger partial charge in [-0.1, -0.05) is 36.9 Å². The summed E-state index contributed by atoms with van der Waals surface area (Å²) in [6.45, 7) is 8.92. The van der Waals surface area contributed by atoms with Crippen LogP contribution in [0.3, 0.4) is 0 Å². The van der Waals surface area contributed by atoms with Gasteiger partial charge in [-0.05, 0) is 0 Å². The van der Waals surface area contributed by atoms with Crippen molar-refractivity contribution in [3.05, 3.63) is 74.2 Å². The van der Waals surface area contributed by atoms with Crippen molar-refractivity contribution in [3.8, 4) is 0 Å². The topological polar surface area (TPSA) is 88.1 Å². The Hall–Kier alpha value is -3.19. The van der Waals surface area contributed by atoms with E-state index >= 15 is 0 Å². The summed E-state index contributed by atoms with van der Waals surface area (Å²) < 4.78 is 9.15. The molecule has 0 N–H and O–H groups in total. The van der Waals surface area contributed by atoms with E-state index in [9.17, 15) is 14.4 Å². The molecular weight excluding hydrogens is 316 g/mol. The number of ketones is 1. The average molecular weight is 334 g/mol. The summed E-state index contributed by atoms with van der Waals surface area (Å²) >= 11 is 0. The number of rotatable bonds is 9. The molecule has 0 aromatic heterocycles. The van der Waals surface area contributed by atoms with Crippen molar-refractivity contribution in [1.29, 1.82) is 0 Å². The molecule has 0 aliphatic heterocycles. The number of benzene rings is 1. The minimum absolute atomic E-state index is 0.104. The summed E-state index contributed by atoms with van der Waals surface area (Å²) in [7, 11) is 0. The summed E-state index contributed by atoms with van der Waals surface area (Å²) in [5.41, 5.74) is 0.247. The first-order valence-corrected chi connectivity index (χ1v) is 6.68. The molecule has 1 aromatic carbocycles. The summed E-state index contributed by atoms with van der Waals surface area (Å²) in [6.07, 6.45) is 2.90. The molecule has 0 atom stereocenters. The zero-order chi connectivity index (χ0) is 18.2. The first kappa shape index (κ1) is 20.8. The van der Waals surface area contributed by atoms with E-state index in [0.717, 1.165) is 18.6 Å². The van der Waals surface area contributed by atoms with Gasteiger partial charge in [0.2, 0.25) is 0 Å². The van der Waals surface area contributed by atoms with E-state index in [1.165, 1.54) is 12.1 Å². The number of carbonyl (C=O) groups is 3. The van der Waals surface area contributed by atoms with Gasteiger partial charge in [-0.25, -0.2) is 9.59 Å². The second kappa shape index (κ2) is 13.5. The van der Waals surface area contributed by atoms with Crippen molar-refractivity contribution in [2.24, 2.45) is 0 Å². The lowest BCUT2D eigenvalue weighted by molar-refractivity contribution is -0.255. The minimum atomic E-state index is -0.981. The molecule has 0 saturated heterocycles. The van der Waals surface area contributed by atoms with Crippen molar-refractivity contribution in [2.45, 2.75) is 0 Å². The molecule has 0 heterocycles. The lowest BCUT2D eigenvalue weighted by Gasteiger charge is -2.03. The molecule has 7 heteroatoms. The van der Waals surface area contributed by atoms with Crippen LogP contribution in [0.15, 0.2) is 68.7 Å². The normalized spacial score (nSPS) is 9.33. The highest BCUT2D eigenvalue weighted by Crippen LogP contribution is 2.01. The highest BCUT2D eigenvalue weighted by molar-refractivity contribution is 6.40. The molecule has 0 unspecified atom stereocenters. The number of hydrogen-bond donors (Lipinski definition) is 0. The predicted molar refractivity (Wildman–Crippen MR) is 85.5 cm³/mol. The maximum Gasteiger partial charge on any atom is 0.379 e. The SMILES string of the molecule is C=C.C=CC(=O)O/C=C/OOCCOC(=O)C(=O)c1ccccc1. The number of esters is 2. The molecule has 0 spiro atoms. The lowest BCUT2D eigenvalue weighted by atomic mass is 10.1. The van der Waals surface area contributed by atoms with Crippen molar-refractivity contribution < 1.29 is 33.6 Å². The Morgan fingerprint density at radius 3 is 2.29 bits per heavy atom. The fraction of sp³-hybridized carbons (Fsp3) is 0.118. The largest absolute Gasteiger partial charge is 0.457 e. The zero-order valence-corrected chi connectivity index (χ0v) is 13.0. The van der Waals surface area contributed by atoms with Gasteiger partial charge >= 0.3 is 11.9 Å². The summed E-state index contributed by atoms with van der Waals surface area (Å²) in [5, 5.41) is 0. The highest BCUT2D eigenvalue weighted by atomic mass is 17.2. The predicted octanol–water partition coefficient (Wildman–Crippen LogP) is 2.36. The quantitative estimate of drug-likeness (QED) is 0.0788. The molecule has 0 aliphatic rings. The van der Waals surface area contributed by atoms with Crippen molar-refractivity contribution in [2.75, 3.05) is 13.2 Å². The van der Waals surface area contributed by atoms with Gasteiger partial charge in [0.25, 0.3) is 5.78 Å². The van der Waals surface area contributed by atoms with Gasteiger partial charge in [0.05, 0.1) is 0 Å². The molecular formula is C17H18O7. The molecule has 0 bridgehead atoms. The van der Waals surface area contributed by atoms with E-state index in [1.54, 1.807) is 18.2 Å². The molecule has 1 rings (SSSR count). The van der Waals surface area contributed by atoms with Gasteiger partial charge in [0, 0.05) is 11.6 Å². The summed E-state index contributed by atoms with van der Waals surface area (Å²) in [6, 6.07) is 8.04. The third kappa shape index (κ3) is 8.96. The number of ether oxygens (including phenoxy) is 2. The van der Waals surface area contributed by atoms with Gasteiger partial charge in [-0.15, -0.1) is 13.2 Å². The molecule has 0 radical (unpaired) electrons. The van der Waals surface area contributed by atoms with Gasteiger partial charge in [0.1, 0.15) is 19.5 Å². The highest BCUT2D eigenvalue weighted by Gasteiger charge is 2.17. The van der Waals surface area contributed by atoms with Gasteiger partial charge in [-0.3, -0.25) is 4.79 Å². The smallest absolute Gasteiger partial charge is 0.379 e. The van der Waals surface area contributed by atoms with E-state index in [4.69, 9.17) is 4.74 Å². The molecule has 128 valence electrons. The van der Waals surface area contributed by atoms with Gasteiger partial charge in [0.15, 0.2) is 6.26 Å². The van der Waals surface area contributed by atoms with Crippen LogP contribution < -0.4 is 0 Å². The number of hydrogen-bond acceptors (Lipinski definition) is 7. The van der Waals surface area contributed by atoms with Crippen LogP contribution in [-0.2, 0) is 28.8 Å². The van der Waals surface area contributed by atoms with Crippen molar-refractivity contribution in [1.82, 2.24) is 0 Å².